The van der Waals surface area contributed by atoms with Crippen molar-refractivity contribution in [2.45, 2.75) is 6.18 Å². The van der Waals surface area contributed by atoms with Gasteiger partial charge in [0.2, 0.25) is 0 Å². The normalized spacial score (nSPS) is 17.3. The van der Waals surface area contributed by atoms with Gasteiger partial charge in [-0.3, -0.25) is 10.1 Å². The summed E-state index contributed by atoms with van der Waals surface area (Å²) in [6.45, 7) is 2.53. The maximum Gasteiger partial charge on any atom is 0.416 e. The van der Waals surface area contributed by atoms with Gasteiger partial charge in [0.05, 0.1) is 10.5 Å². The van der Waals surface area contributed by atoms with Crippen LogP contribution in [0, 0.1) is 10.1 Å². The first-order valence-electron chi connectivity index (χ1n) is 6.07. The lowest BCUT2D eigenvalue weighted by Gasteiger charge is -2.34. The van der Waals surface area contributed by atoms with Gasteiger partial charge in [-0.1, -0.05) is 0 Å². The van der Waals surface area contributed by atoms with Gasteiger partial charge in [0, 0.05) is 44.0 Å². The van der Waals surface area contributed by atoms with Crippen molar-refractivity contribution in [3.8, 4) is 0 Å². The summed E-state index contributed by atoms with van der Waals surface area (Å²) in [4.78, 5) is 13.8. The first kappa shape index (κ1) is 14.6. The summed E-state index contributed by atoms with van der Waals surface area (Å²) >= 11 is 0. The number of piperazine rings is 1. The van der Waals surface area contributed by atoms with Crippen LogP contribution in [0.25, 0.3) is 0 Å². The predicted octanol–water partition coefficient (Wildman–Crippen LogP) is 2.37. The fourth-order valence-electron chi connectivity index (χ4n) is 2.11. The van der Waals surface area contributed by atoms with Crippen LogP contribution in [-0.2, 0) is 6.18 Å². The number of benzene rings is 1. The van der Waals surface area contributed by atoms with Crippen molar-refractivity contribution < 1.29 is 18.1 Å². The van der Waals surface area contributed by atoms with Crippen LogP contribution in [0.15, 0.2) is 18.2 Å². The smallest absolute Gasteiger partial charge is 0.369 e. The number of halogens is 3. The molecule has 0 amide bonds. The van der Waals surface area contributed by atoms with Crippen LogP contribution >= 0.6 is 0 Å². The molecule has 1 aromatic carbocycles. The number of non-ortho nitro benzene ring substituents is 1. The van der Waals surface area contributed by atoms with Crippen LogP contribution in [0.2, 0.25) is 0 Å². The molecule has 8 heteroatoms. The summed E-state index contributed by atoms with van der Waals surface area (Å²) in [7, 11) is 1.92. The third-order valence-electron chi connectivity index (χ3n) is 3.31. The maximum atomic E-state index is 12.8. The summed E-state index contributed by atoms with van der Waals surface area (Å²) in [5.74, 6) is 0. The van der Waals surface area contributed by atoms with Crippen molar-refractivity contribution in [3.63, 3.8) is 0 Å². The highest BCUT2D eigenvalue weighted by molar-refractivity contribution is 5.56. The molecule has 1 aliphatic rings. The predicted molar refractivity (Wildman–Crippen MR) is 67.8 cm³/mol. The fourth-order valence-corrected chi connectivity index (χ4v) is 2.11. The molecular formula is C12H14F3N3O2. The lowest BCUT2D eigenvalue weighted by Crippen LogP contribution is -2.44. The van der Waals surface area contributed by atoms with Gasteiger partial charge in [-0.25, -0.2) is 0 Å². The molecular weight excluding hydrogens is 275 g/mol. The largest absolute Gasteiger partial charge is 0.416 e. The van der Waals surface area contributed by atoms with Crippen LogP contribution in [-0.4, -0.2) is 43.0 Å². The van der Waals surface area contributed by atoms with Crippen molar-refractivity contribution in [1.82, 2.24) is 4.90 Å². The van der Waals surface area contributed by atoms with Crippen molar-refractivity contribution in [2.75, 3.05) is 38.1 Å². The van der Waals surface area contributed by atoms with E-state index in [1.165, 1.54) is 6.07 Å². The van der Waals surface area contributed by atoms with E-state index in [9.17, 15) is 23.3 Å². The molecule has 20 heavy (non-hydrogen) atoms. The van der Waals surface area contributed by atoms with E-state index in [0.29, 0.717) is 32.2 Å². The Morgan fingerprint density at radius 3 is 2.25 bits per heavy atom. The Kier molecular flexibility index (Phi) is 3.85. The van der Waals surface area contributed by atoms with Crippen LogP contribution in [0.3, 0.4) is 0 Å². The highest BCUT2D eigenvalue weighted by Crippen LogP contribution is 2.35. The van der Waals surface area contributed by atoms with E-state index >= 15 is 0 Å². The third kappa shape index (κ3) is 3.19. The molecule has 110 valence electrons. The molecule has 0 N–H and O–H groups in total. The van der Waals surface area contributed by atoms with Crippen molar-refractivity contribution >= 4 is 11.4 Å². The van der Waals surface area contributed by atoms with E-state index in [0.717, 1.165) is 6.07 Å². The second-order valence-corrected chi connectivity index (χ2v) is 4.78. The van der Waals surface area contributed by atoms with Gasteiger partial charge in [0.1, 0.15) is 0 Å². The minimum atomic E-state index is -4.59. The summed E-state index contributed by atoms with van der Waals surface area (Å²) in [5.41, 5.74) is -1.27. The van der Waals surface area contributed by atoms with Crippen molar-refractivity contribution in [3.05, 3.63) is 33.9 Å². The molecule has 0 unspecified atom stereocenters. The zero-order chi connectivity index (χ0) is 14.9. The number of anilines is 1. The Bertz CT molecular complexity index is 511. The van der Waals surface area contributed by atoms with E-state index in [4.69, 9.17) is 0 Å². The molecule has 1 heterocycles. The first-order valence-corrected chi connectivity index (χ1v) is 6.07. The summed E-state index contributed by atoms with van der Waals surface area (Å²) in [6, 6.07) is 2.73. The quantitative estimate of drug-likeness (QED) is 0.619. The average molecular weight is 289 g/mol. The first-order chi connectivity index (χ1) is 9.27. The Morgan fingerprint density at radius 2 is 1.75 bits per heavy atom. The minimum absolute atomic E-state index is 0.250. The summed E-state index contributed by atoms with van der Waals surface area (Å²) in [6.07, 6.45) is -4.59. The van der Waals surface area contributed by atoms with E-state index in [-0.39, 0.29) is 5.69 Å². The summed E-state index contributed by atoms with van der Waals surface area (Å²) < 4.78 is 38.4. The second-order valence-electron chi connectivity index (χ2n) is 4.78. The Morgan fingerprint density at radius 1 is 1.15 bits per heavy atom. The second kappa shape index (κ2) is 5.28. The molecule has 1 aromatic rings. The Balaban J connectivity index is 2.37. The number of rotatable bonds is 2. The third-order valence-corrected chi connectivity index (χ3v) is 3.31. The molecule has 5 nitrogen and oxygen atoms in total. The van der Waals surface area contributed by atoms with Gasteiger partial charge >= 0.3 is 6.18 Å². The minimum Gasteiger partial charge on any atom is -0.369 e. The average Bonchev–Trinajstić information content (AvgIpc) is 2.38. The molecule has 0 atom stereocenters. The number of hydrogen-bond acceptors (Lipinski definition) is 4. The van der Waals surface area contributed by atoms with Crippen LogP contribution < -0.4 is 4.90 Å². The molecule has 1 aliphatic heterocycles. The lowest BCUT2D eigenvalue weighted by atomic mass is 10.1. The van der Waals surface area contributed by atoms with Gasteiger partial charge in [0.15, 0.2) is 0 Å². The zero-order valence-corrected chi connectivity index (χ0v) is 10.9. The zero-order valence-electron chi connectivity index (χ0n) is 10.9. The van der Waals surface area contributed by atoms with Gasteiger partial charge in [-0.15, -0.1) is 0 Å². The number of nitro benzene ring substituents is 1. The number of alkyl halides is 3. The highest BCUT2D eigenvalue weighted by atomic mass is 19.4. The van der Waals surface area contributed by atoms with Gasteiger partial charge < -0.3 is 9.80 Å². The lowest BCUT2D eigenvalue weighted by molar-refractivity contribution is -0.385. The molecule has 2 rings (SSSR count). The Hall–Kier alpha value is -1.83. The fraction of sp³-hybridized carbons (Fsp3) is 0.500. The Labute approximate surface area is 113 Å². The van der Waals surface area contributed by atoms with Crippen molar-refractivity contribution in [1.29, 1.82) is 0 Å². The van der Waals surface area contributed by atoms with Crippen molar-refractivity contribution in [2.24, 2.45) is 0 Å². The highest BCUT2D eigenvalue weighted by Gasteiger charge is 2.33. The molecule has 1 fully saturated rings. The van der Waals surface area contributed by atoms with Crippen LogP contribution in [0.4, 0.5) is 24.5 Å². The van der Waals surface area contributed by atoms with Gasteiger partial charge in [-0.2, -0.15) is 13.2 Å². The molecule has 0 saturated carbocycles. The molecule has 0 aromatic heterocycles. The van der Waals surface area contributed by atoms with Crippen LogP contribution in [0.1, 0.15) is 5.56 Å². The monoisotopic (exact) mass is 289 g/mol. The number of likely N-dealkylation sites (N-methyl/N-ethyl adjacent to an activating group) is 1. The van der Waals surface area contributed by atoms with E-state index in [1.807, 2.05) is 7.05 Å². The molecule has 0 spiro atoms. The van der Waals surface area contributed by atoms with E-state index in [2.05, 4.69) is 4.90 Å². The topological polar surface area (TPSA) is 49.6 Å². The number of hydrogen-bond donors (Lipinski definition) is 0. The van der Waals surface area contributed by atoms with Crippen LogP contribution in [0.5, 0.6) is 0 Å². The number of nitrogens with zero attached hydrogens (tertiary/aromatic N) is 3. The standard InChI is InChI=1S/C12H14F3N3O2/c1-16-2-4-17(5-3-16)10-6-9(12(13,14)15)7-11(8-10)18(19)20/h6-8H,2-5H2,1H3. The number of nitro groups is 1. The van der Waals surface area contributed by atoms with E-state index < -0.39 is 22.4 Å². The maximum absolute atomic E-state index is 12.8. The summed E-state index contributed by atoms with van der Waals surface area (Å²) in [5, 5.41) is 10.8. The van der Waals surface area contributed by atoms with Gasteiger partial charge in [0.25, 0.3) is 5.69 Å². The molecule has 0 radical (unpaired) electrons. The van der Waals surface area contributed by atoms with Gasteiger partial charge in [-0.05, 0) is 13.1 Å². The SMILES string of the molecule is CN1CCN(c2cc([N+](=O)[O-])cc(C(F)(F)F)c2)CC1. The molecule has 0 bridgehead atoms. The molecule has 1 saturated heterocycles. The van der Waals surface area contributed by atoms with E-state index in [1.54, 1.807) is 4.90 Å². The molecule has 0 aliphatic carbocycles.